The van der Waals surface area contributed by atoms with Gasteiger partial charge in [-0.15, -0.1) is 0 Å². The highest BCUT2D eigenvalue weighted by molar-refractivity contribution is 5.73. The Balaban J connectivity index is 2.61. The van der Waals surface area contributed by atoms with Crippen LogP contribution in [-0.4, -0.2) is 20.5 Å². The molecule has 5 heteroatoms. The summed E-state index contributed by atoms with van der Waals surface area (Å²) in [6.45, 7) is 0. The number of pyridine rings is 1. The van der Waals surface area contributed by atoms with Gasteiger partial charge in [-0.25, -0.2) is 14.2 Å². The largest absolute Gasteiger partial charge is 0.479 e. The second kappa shape index (κ2) is 3.10. The second-order valence-corrected chi connectivity index (χ2v) is 2.81. The third kappa shape index (κ3) is 1.22. The summed E-state index contributed by atoms with van der Waals surface area (Å²) in [5.41, 5.74) is 0.610. The van der Waals surface area contributed by atoms with Gasteiger partial charge in [-0.3, -0.25) is 0 Å². The number of hydrogen-bond donors (Lipinski definition) is 1. The first kappa shape index (κ1) is 8.68. The van der Waals surface area contributed by atoms with Crippen LogP contribution in [0.3, 0.4) is 0 Å². The van der Waals surface area contributed by atoms with Gasteiger partial charge in [0.15, 0.2) is 0 Å². The molecule has 0 aliphatic carbocycles. The first-order chi connectivity index (χ1) is 6.70. The number of aliphatic carboxylic acids is 1. The second-order valence-electron chi connectivity index (χ2n) is 2.81. The summed E-state index contributed by atoms with van der Waals surface area (Å²) in [6, 6.07) is 4.68. The van der Waals surface area contributed by atoms with Crippen molar-refractivity contribution in [3.05, 3.63) is 36.3 Å². The first-order valence-electron chi connectivity index (χ1n) is 3.99. The normalized spacial score (nSPS) is 12.9. The van der Waals surface area contributed by atoms with Gasteiger partial charge in [0.1, 0.15) is 5.65 Å². The fourth-order valence-corrected chi connectivity index (χ4v) is 1.30. The standard InChI is InChI=1S/C9H7FN2O2/c10-8(9(13)14)6-2-1-3-7-11-4-5-12(6)7/h1-5,8H,(H,13,14). The van der Waals surface area contributed by atoms with E-state index in [0.717, 1.165) is 0 Å². The number of nitrogens with zero attached hydrogens (tertiary/aromatic N) is 2. The number of carboxylic acids is 1. The molecule has 0 saturated heterocycles. The van der Waals surface area contributed by atoms with Crippen LogP contribution in [0.5, 0.6) is 0 Å². The van der Waals surface area contributed by atoms with Crippen LogP contribution in [-0.2, 0) is 4.79 Å². The molecule has 0 aromatic carbocycles. The van der Waals surface area contributed by atoms with Crippen molar-refractivity contribution >= 4 is 11.6 Å². The molecule has 2 aromatic heterocycles. The first-order valence-corrected chi connectivity index (χ1v) is 3.99. The van der Waals surface area contributed by atoms with Crippen molar-refractivity contribution in [3.8, 4) is 0 Å². The average Bonchev–Trinajstić information content (AvgIpc) is 2.63. The van der Waals surface area contributed by atoms with Crippen molar-refractivity contribution in [3.63, 3.8) is 0 Å². The highest BCUT2D eigenvalue weighted by Gasteiger charge is 2.20. The van der Waals surface area contributed by atoms with Crippen molar-refractivity contribution in [1.29, 1.82) is 0 Å². The molecule has 1 atom stereocenters. The minimum absolute atomic E-state index is 0.0764. The monoisotopic (exact) mass is 194 g/mol. The van der Waals surface area contributed by atoms with Gasteiger partial charge in [0.25, 0.3) is 0 Å². The van der Waals surface area contributed by atoms with Crippen LogP contribution in [0.25, 0.3) is 5.65 Å². The van der Waals surface area contributed by atoms with Gasteiger partial charge in [0.2, 0.25) is 6.17 Å². The molecule has 0 fully saturated rings. The van der Waals surface area contributed by atoms with E-state index in [-0.39, 0.29) is 5.69 Å². The zero-order valence-electron chi connectivity index (χ0n) is 7.09. The third-order valence-electron chi connectivity index (χ3n) is 1.94. The molecule has 1 unspecified atom stereocenters. The van der Waals surface area contributed by atoms with Crippen molar-refractivity contribution in [2.45, 2.75) is 6.17 Å². The number of carboxylic acid groups (broad SMARTS) is 1. The topological polar surface area (TPSA) is 54.6 Å². The number of rotatable bonds is 2. The fourth-order valence-electron chi connectivity index (χ4n) is 1.30. The lowest BCUT2D eigenvalue weighted by atomic mass is 10.2. The summed E-state index contributed by atoms with van der Waals surface area (Å²) >= 11 is 0. The molecule has 2 rings (SSSR count). The van der Waals surface area contributed by atoms with Crippen LogP contribution in [0.1, 0.15) is 11.9 Å². The van der Waals surface area contributed by atoms with Gasteiger partial charge in [-0.1, -0.05) is 6.07 Å². The number of hydrogen-bond acceptors (Lipinski definition) is 2. The van der Waals surface area contributed by atoms with E-state index >= 15 is 0 Å². The molecule has 0 radical (unpaired) electrons. The fraction of sp³-hybridized carbons (Fsp3) is 0.111. The number of fused-ring (bicyclic) bond motifs is 1. The molecule has 1 N–H and O–H groups in total. The number of carbonyl (C=O) groups is 1. The Labute approximate surface area is 78.6 Å². The molecule has 72 valence electrons. The van der Waals surface area contributed by atoms with Crippen molar-refractivity contribution in [2.75, 3.05) is 0 Å². The Morgan fingerprint density at radius 2 is 2.36 bits per heavy atom. The van der Waals surface area contributed by atoms with Gasteiger partial charge in [0.05, 0.1) is 5.69 Å². The molecule has 2 heterocycles. The maximum Gasteiger partial charge on any atom is 0.344 e. The minimum Gasteiger partial charge on any atom is -0.479 e. The van der Waals surface area contributed by atoms with Crippen LogP contribution in [0.15, 0.2) is 30.6 Å². The zero-order valence-corrected chi connectivity index (χ0v) is 7.09. The van der Waals surface area contributed by atoms with Gasteiger partial charge in [0, 0.05) is 12.4 Å². The third-order valence-corrected chi connectivity index (χ3v) is 1.94. The lowest BCUT2D eigenvalue weighted by Gasteiger charge is -2.05. The van der Waals surface area contributed by atoms with E-state index < -0.39 is 12.1 Å². The van der Waals surface area contributed by atoms with Gasteiger partial charge in [-0.2, -0.15) is 0 Å². The van der Waals surface area contributed by atoms with Gasteiger partial charge in [-0.05, 0) is 12.1 Å². The van der Waals surface area contributed by atoms with Crippen LogP contribution < -0.4 is 0 Å². The van der Waals surface area contributed by atoms with Gasteiger partial charge < -0.3 is 9.51 Å². The molecular weight excluding hydrogens is 187 g/mol. The van der Waals surface area contributed by atoms with Crippen molar-refractivity contribution in [2.24, 2.45) is 0 Å². The molecule has 0 amide bonds. The number of halogens is 1. The smallest absolute Gasteiger partial charge is 0.344 e. The zero-order chi connectivity index (χ0) is 10.1. The summed E-state index contributed by atoms with van der Waals surface area (Å²) in [7, 11) is 0. The summed E-state index contributed by atoms with van der Waals surface area (Å²) in [6.07, 6.45) is 1.00. The Hall–Kier alpha value is -1.91. The van der Waals surface area contributed by atoms with E-state index in [0.29, 0.717) is 5.65 Å². The molecule has 2 aromatic rings. The molecule has 0 bridgehead atoms. The maximum absolute atomic E-state index is 13.2. The van der Waals surface area contributed by atoms with Crippen LogP contribution in [0.2, 0.25) is 0 Å². The minimum atomic E-state index is -2.02. The molecule has 0 spiro atoms. The Morgan fingerprint density at radius 3 is 3.07 bits per heavy atom. The SMILES string of the molecule is O=C(O)C(F)c1cccc2nccn12. The van der Waals surface area contributed by atoms with E-state index in [1.54, 1.807) is 12.1 Å². The highest BCUT2D eigenvalue weighted by atomic mass is 19.1. The highest BCUT2D eigenvalue weighted by Crippen LogP contribution is 2.18. The predicted molar refractivity (Wildman–Crippen MR) is 46.7 cm³/mol. The predicted octanol–water partition coefficient (Wildman–Crippen LogP) is 1.43. The molecule has 4 nitrogen and oxygen atoms in total. The van der Waals surface area contributed by atoms with E-state index in [1.807, 2.05) is 0 Å². The molecular formula is C9H7FN2O2. The van der Waals surface area contributed by atoms with Crippen LogP contribution >= 0.6 is 0 Å². The maximum atomic E-state index is 13.2. The Morgan fingerprint density at radius 1 is 1.57 bits per heavy atom. The van der Waals surface area contributed by atoms with E-state index in [1.165, 1.54) is 22.9 Å². The van der Waals surface area contributed by atoms with Crippen molar-refractivity contribution < 1.29 is 14.3 Å². The number of aromatic nitrogens is 2. The van der Waals surface area contributed by atoms with Crippen LogP contribution in [0, 0.1) is 0 Å². The number of imidazole rings is 1. The van der Waals surface area contributed by atoms with Crippen LogP contribution in [0.4, 0.5) is 4.39 Å². The molecule has 0 aliphatic heterocycles. The van der Waals surface area contributed by atoms with E-state index in [9.17, 15) is 9.18 Å². The molecule has 14 heavy (non-hydrogen) atoms. The van der Waals surface area contributed by atoms with E-state index in [4.69, 9.17) is 5.11 Å². The average molecular weight is 194 g/mol. The molecule has 0 saturated carbocycles. The van der Waals surface area contributed by atoms with Crippen molar-refractivity contribution in [1.82, 2.24) is 9.38 Å². The quantitative estimate of drug-likeness (QED) is 0.786. The lowest BCUT2D eigenvalue weighted by molar-refractivity contribution is -0.143. The summed E-state index contributed by atoms with van der Waals surface area (Å²) in [5, 5.41) is 8.52. The summed E-state index contributed by atoms with van der Waals surface area (Å²) < 4.78 is 14.6. The lowest BCUT2D eigenvalue weighted by Crippen LogP contribution is -2.09. The summed E-state index contributed by atoms with van der Waals surface area (Å²) in [4.78, 5) is 14.4. The van der Waals surface area contributed by atoms with E-state index in [2.05, 4.69) is 4.98 Å². The summed E-state index contributed by atoms with van der Waals surface area (Å²) in [5.74, 6) is -1.49. The number of alkyl halides is 1. The van der Waals surface area contributed by atoms with Gasteiger partial charge >= 0.3 is 5.97 Å². The Bertz CT molecular complexity index is 480. The molecule has 0 aliphatic rings. The Kier molecular flexibility index (Phi) is 1.92.